The second-order valence-electron chi connectivity index (χ2n) is 7.31. The lowest BCUT2D eigenvalue weighted by Crippen LogP contribution is -2.05. The molecule has 1 aromatic carbocycles. The molecular weight excluding hydrogens is 373 g/mol. The lowest BCUT2D eigenvalue weighted by Gasteiger charge is -2.15. The minimum absolute atomic E-state index is 0.000709. The molecule has 1 aromatic heterocycles. The third-order valence-electron chi connectivity index (χ3n) is 5.54. The Balaban J connectivity index is 1.76. The highest BCUT2D eigenvalue weighted by Gasteiger charge is 2.19. The summed E-state index contributed by atoms with van der Waals surface area (Å²) in [5.74, 6) is -0.473. The second kappa shape index (κ2) is 9.07. The number of benzene rings is 1. The van der Waals surface area contributed by atoms with Crippen molar-refractivity contribution in [1.29, 1.82) is 0 Å². The summed E-state index contributed by atoms with van der Waals surface area (Å²) in [6.45, 7) is 4.42. The van der Waals surface area contributed by atoms with E-state index in [2.05, 4.69) is 4.98 Å². The molecule has 0 saturated carbocycles. The first-order chi connectivity index (χ1) is 13.9. The average molecular weight is 399 g/mol. The SMILES string of the molecule is COc1ncc(C2=C(COc3ccc(CCC(=O)O)c(C)c3C)CCC2)cc1F. The van der Waals surface area contributed by atoms with Crippen molar-refractivity contribution in [3.8, 4) is 11.6 Å². The van der Waals surface area contributed by atoms with Crippen LogP contribution < -0.4 is 9.47 Å². The summed E-state index contributed by atoms with van der Waals surface area (Å²) < 4.78 is 25.0. The molecule has 0 unspecified atom stereocenters. The molecule has 6 heteroatoms. The Labute approximate surface area is 170 Å². The summed E-state index contributed by atoms with van der Waals surface area (Å²) in [6, 6.07) is 5.32. The summed E-state index contributed by atoms with van der Waals surface area (Å²) >= 11 is 0. The van der Waals surface area contributed by atoms with Crippen molar-refractivity contribution in [2.24, 2.45) is 0 Å². The fraction of sp³-hybridized carbons (Fsp3) is 0.391. The molecule has 0 bridgehead atoms. The van der Waals surface area contributed by atoms with Gasteiger partial charge in [0.25, 0.3) is 0 Å². The van der Waals surface area contributed by atoms with E-state index in [0.29, 0.717) is 13.0 Å². The van der Waals surface area contributed by atoms with Gasteiger partial charge in [-0.25, -0.2) is 9.37 Å². The molecule has 2 aromatic rings. The molecule has 3 rings (SSSR count). The van der Waals surface area contributed by atoms with Crippen LogP contribution in [-0.2, 0) is 11.2 Å². The zero-order valence-electron chi connectivity index (χ0n) is 17.0. The van der Waals surface area contributed by atoms with E-state index in [-0.39, 0.29) is 12.3 Å². The molecule has 0 radical (unpaired) electrons. The highest BCUT2D eigenvalue weighted by Crippen LogP contribution is 2.35. The molecule has 0 amide bonds. The van der Waals surface area contributed by atoms with Gasteiger partial charge in [-0.3, -0.25) is 4.79 Å². The van der Waals surface area contributed by atoms with E-state index in [0.717, 1.165) is 58.4 Å². The predicted molar refractivity (Wildman–Crippen MR) is 109 cm³/mol. The quantitative estimate of drug-likeness (QED) is 0.685. The number of halogens is 1. The Kier molecular flexibility index (Phi) is 6.52. The van der Waals surface area contributed by atoms with Crippen LogP contribution in [0.15, 0.2) is 30.0 Å². The number of rotatable bonds is 8. The van der Waals surface area contributed by atoms with Crippen molar-refractivity contribution < 1.29 is 23.8 Å². The number of carboxylic acid groups (broad SMARTS) is 1. The summed E-state index contributed by atoms with van der Waals surface area (Å²) in [7, 11) is 1.40. The maximum Gasteiger partial charge on any atom is 0.303 e. The van der Waals surface area contributed by atoms with Crippen LogP contribution in [0, 0.1) is 19.7 Å². The highest BCUT2D eigenvalue weighted by molar-refractivity contribution is 5.70. The van der Waals surface area contributed by atoms with Gasteiger partial charge < -0.3 is 14.6 Å². The number of aliphatic carboxylic acids is 1. The lowest BCUT2D eigenvalue weighted by molar-refractivity contribution is -0.136. The van der Waals surface area contributed by atoms with Crippen molar-refractivity contribution in [1.82, 2.24) is 4.98 Å². The van der Waals surface area contributed by atoms with Crippen LogP contribution >= 0.6 is 0 Å². The van der Waals surface area contributed by atoms with E-state index in [9.17, 15) is 9.18 Å². The molecule has 29 heavy (non-hydrogen) atoms. The van der Waals surface area contributed by atoms with Crippen LogP contribution in [0.25, 0.3) is 5.57 Å². The number of allylic oxidation sites excluding steroid dienone is 1. The van der Waals surface area contributed by atoms with Gasteiger partial charge in [0.1, 0.15) is 12.4 Å². The minimum Gasteiger partial charge on any atom is -0.489 e. The molecule has 0 atom stereocenters. The number of aromatic nitrogens is 1. The van der Waals surface area contributed by atoms with Crippen molar-refractivity contribution in [2.45, 2.75) is 46.0 Å². The topological polar surface area (TPSA) is 68.7 Å². The molecule has 1 aliphatic carbocycles. The normalized spacial score (nSPS) is 13.7. The fourth-order valence-electron chi connectivity index (χ4n) is 3.74. The van der Waals surface area contributed by atoms with Gasteiger partial charge in [0.2, 0.25) is 5.88 Å². The number of aryl methyl sites for hydroxylation is 1. The summed E-state index contributed by atoms with van der Waals surface area (Å²) in [5.41, 5.74) is 6.12. The Bertz CT molecular complexity index is 952. The summed E-state index contributed by atoms with van der Waals surface area (Å²) in [6.07, 6.45) is 5.07. The zero-order chi connectivity index (χ0) is 21.0. The molecule has 1 aliphatic rings. The van der Waals surface area contributed by atoms with Crippen LogP contribution in [0.5, 0.6) is 11.6 Å². The van der Waals surface area contributed by atoms with Crippen LogP contribution in [0.1, 0.15) is 47.9 Å². The smallest absolute Gasteiger partial charge is 0.303 e. The van der Waals surface area contributed by atoms with E-state index in [1.165, 1.54) is 13.2 Å². The summed E-state index contributed by atoms with van der Waals surface area (Å²) in [5, 5.41) is 8.90. The summed E-state index contributed by atoms with van der Waals surface area (Å²) in [4.78, 5) is 14.9. The third kappa shape index (κ3) is 4.75. The van der Waals surface area contributed by atoms with Crippen LogP contribution in [0.3, 0.4) is 0 Å². The van der Waals surface area contributed by atoms with Gasteiger partial charge in [-0.2, -0.15) is 0 Å². The van der Waals surface area contributed by atoms with Crippen molar-refractivity contribution >= 4 is 11.5 Å². The lowest BCUT2D eigenvalue weighted by atomic mass is 9.99. The van der Waals surface area contributed by atoms with Gasteiger partial charge in [-0.1, -0.05) is 6.07 Å². The number of carbonyl (C=O) groups is 1. The maximum absolute atomic E-state index is 14.1. The molecule has 0 spiro atoms. The first-order valence-corrected chi connectivity index (χ1v) is 9.75. The largest absolute Gasteiger partial charge is 0.489 e. The molecule has 0 fully saturated rings. The van der Waals surface area contributed by atoms with E-state index < -0.39 is 11.8 Å². The van der Waals surface area contributed by atoms with E-state index in [1.54, 1.807) is 6.20 Å². The second-order valence-corrected chi connectivity index (χ2v) is 7.31. The molecule has 5 nitrogen and oxygen atoms in total. The van der Waals surface area contributed by atoms with Crippen molar-refractivity contribution in [3.05, 3.63) is 58.0 Å². The van der Waals surface area contributed by atoms with Crippen LogP contribution in [0.4, 0.5) is 4.39 Å². The monoisotopic (exact) mass is 399 g/mol. The van der Waals surface area contributed by atoms with Crippen LogP contribution in [-0.4, -0.2) is 29.8 Å². The third-order valence-corrected chi connectivity index (χ3v) is 5.54. The van der Waals surface area contributed by atoms with Gasteiger partial charge in [0, 0.05) is 12.6 Å². The van der Waals surface area contributed by atoms with E-state index in [4.69, 9.17) is 14.6 Å². The number of nitrogens with zero attached hydrogens (tertiary/aromatic N) is 1. The molecule has 1 heterocycles. The number of carboxylic acids is 1. The van der Waals surface area contributed by atoms with Gasteiger partial charge in [-0.05, 0) is 85.1 Å². The molecule has 154 valence electrons. The van der Waals surface area contributed by atoms with Crippen molar-refractivity contribution in [3.63, 3.8) is 0 Å². The standard InChI is InChI=1S/C23H26FNO4/c1-14-15(2)21(9-7-16(14)8-10-22(26)27)29-13-17-5-4-6-19(17)18-11-20(24)23(28-3)25-12-18/h7,9,11-12H,4-6,8,10,13H2,1-3H3,(H,26,27). The number of pyridine rings is 1. The Hall–Kier alpha value is -2.89. The number of hydrogen-bond acceptors (Lipinski definition) is 4. The first kappa shape index (κ1) is 20.8. The van der Waals surface area contributed by atoms with E-state index in [1.807, 2.05) is 26.0 Å². The molecule has 0 aliphatic heterocycles. The maximum atomic E-state index is 14.1. The predicted octanol–water partition coefficient (Wildman–Crippen LogP) is 4.88. The molecular formula is C23H26FNO4. The zero-order valence-corrected chi connectivity index (χ0v) is 17.0. The molecule has 0 saturated heterocycles. The molecule has 1 N–H and O–H groups in total. The first-order valence-electron chi connectivity index (χ1n) is 9.75. The van der Waals surface area contributed by atoms with Crippen LogP contribution in [0.2, 0.25) is 0 Å². The van der Waals surface area contributed by atoms with Gasteiger partial charge in [-0.15, -0.1) is 0 Å². The minimum atomic E-state index is -0.799. The average Bonchev–Trinajstić information content (AvgIpc) is 3.16. The number of hydrogen-bond donors (Lipinski definition) is 1. The Morgan fingerprint density at radius 2 is 2.03 bits per heavy atom. The Morgan fingerprint density at radius 3 is 2.72 bits per heavy atom. The number of ether oxygens (including phenoxy) is 2. The Morgan fingerprint density at radius 1 is 1.24 bits per heavy atom. The van der Waals surface area contributed by atoms with Gasteiger partial charge >= 0.3 is 5.97 Å². The van der Waals surface area contributed by atoms with Gasteiger partial charge in [0.05, 0.1) is 7.11 Å². The highest BCUT2D eigenvalue weighted by atomic mass is 19.1. The van der Waals surface area contributed by atoms with Gasteiger partial charge in [0.15, 0.2) is 5.82 Å². The van der Waals surface area contributed by atoms with E-state index >= 15 is 0 Å². The number of methoxy groups -OCH3 is 1. The fourth-order valence-corrected chi connectivity index (χ4v) is 3.74. The van der Waals surface area contributed by atoms with Crippen molar-refractivity contribution in [2.75, 3.05) is 13.7 Å².